The van der Waals surface area contributed by atoms with Crippen LogP contribution in [0.1, 0.15) is 11.6 Å². The standard InChI is InChI=1S/C9H11NO3S/c11-9(12)8-5-14-4-7(10-8)6-1-2-13-3-6/h1-3,7-8,10H,4-5H2,(H,11,12). The van der Waals surface area contributed by atoms with Crippen molar-refractivity contribution in [3.05, 3.63) is 24.2 Å². The minimum atomic E-state index is -0.786. The quantitative estimate of drug-likeness (QED) is 0.770. The fourth-order valence-corrected chi connectivity index (χ4v) is 2.59. The summed E-state index contributed by atoms with van der Waals surface area (Å²) in [5, 5.41) is 11.9. The van der Waals surface area contributed by atoms with E-state index in [0.717, 1.165) is 11.3 Å². The number of carboxylic acids is 1. The highest BCUT2D eigenvalue weighted by molar-refractivity contribution is 7.99. The number of carboxylic acid groups (broad SMARTS) is 1. The molecule has 1 aliphatic rings. The van der Waals surface area contributed by atoms with Gasteiger partial charge in [0.05, 0.1) is 12.5 Å². The van der Waals surface area contributed by atoms with Crippen molar-refractivity contribution < 1.29 is 14.3 Å². The summed E-state index contributed by atoms with van der Waals surface area (Å²) < 4.78 is 4.97. The molecular formula is C9H11NO3S. The number of hydrogen-bond acceptors (Lipinski definition) is 4. The maximum atomic E-state index is 10.8. The van der Waals surface area contributed by atoms with E-state index in [1.807, 2.05) is 6.07 Å². The van der Waals surface area contributed by atoms with Crippen LogP contribution in [0.4, 0.5) is 0 Å². The predicted molar refractivity (Wildman–Crippen MR) is 53.3 cm³/mol. The number of furan rings is 1. The van der Waals surface area contributed by atoms with Gasteiger partial charge in [-0.25, -0.2) is 0 Å². The SMILES string of the molecule is O=C(O)C1CSCC(c2ccoc2)N1. The Hall–Kier alpha value is -0.940. The zero-order valence-electron chi connectivity index (χ0n) is 7.47. The van der Waals surface area contributed by atoms with Crippen LogP contribution >= 0.6 is 11.8 Å². The van der Waals surface area contributed by atoms with Gasteiger partial charge < -0.3 is 9.52 Å². The molecule has 5 heteroatoms. The lowest BCUT2D eigenvalue weighted by molar-refractivity contribution is -0.139. The van der Waals surface area contributed by atoms with Crippen LogP contribution in [-0.4, -0.2) is 28.6 Å². The largest absolute Gasteiger partial charge is 0.480 e. The van der Waals surface area contributed by atoms with E-state index in [1.165, 1.54) is 0 Å². The zero-order chi connectivity index (χ0) is 9.97. The molecule has 14 heavy (non-hydrogen) atoms. The van der Waals surface area contributed by atoms with E-state index >= 15 is 0 Å². The molecule has 1 aromatic rings. The van der Waals surface area contributed by atoms with E-state index in [-0.39, 0.29) is 6.04 Å². The van der Waals surface area contributed by atoms with Gasteiger partial charge in [0.15, 0.2) is 0 Å². The van der Waals surface area contributed by atoms with Crippen LogP contribution in [0.15, 0.2) is 23.0 Å². The lowest BCUT2D eigenvalue weighted by Crippen LogP contribution is -2.45. The van der Waals surface area contributed by atoms with Crippen LogP contribution in [0.2, 0.25) is 0 Å². The van der Waals surface area contributed by atoms with Crippen LogP contribution in [0.25, 0.3) is 0 Å². The lowest BCUT2D eigenvalue weighted by Gasteiger charge is -2.27. The maximum absolute atomic E-state index is 10.8. The number of rotatable bonds is 2. The van der Waals surface area contributed by atoms with E-state index in [9.17, 15) is 4.79 Å². The summed E-state index contributed by atoms with van der Waals surface area (Å²) in [6.45, 7) is 0. The van der Waals surface area contributed by atoms with Crippen molar-refractivity contribution in [2.45, 2.75) is 12.1 Å². The molecule has 0 spiro atoms. The minimum Gasteiger partial charge on any atom is -0.480 e. The van der Waals surface area contributed by atoms with Gasteiger partial charge in [0.2, 0.25) is 0 Å². The third-order valence-corrected chi connectivity index (χ3v) is 3.35. The topological polar surface area (TPSA) is 62.5 Å². The van der Waals surface area contributed by atoms with Crippen LogP contribution in [-0.2, 0) is 4.79 Å². The Kier molecular flexibility index (Phi) is 2.79. The minimum absolute atomic E-state index is 0.0913. The molecule has 2 unspecified atom stereocenters. The molecule has 0 aromatic carbocycles. The molecule has 0 saturated carbocycles. The first kappa shape index (κ1) is 9.61. The van der Waals surface area contributed by atoms with Crippen molar-refractivity contribution in [1.82, 2.24) is 5.32 Å². The van der Waals surface area contributed by atoms with E-state index in [4.69, 9.17) is 9.52 Å². The molecule has 0 amide bonds. The van der Waals surface area contributed by atoms with Gasteiger partial charge in [-0.2, -0.15) is 11.8 Å². The number of aliphatic carboxylic acids is 1. The average molecular weight is 213 g/mol. The normalized spacial score (nSPS) is 27.4. The third-order valence-electron chi connectivity index (χ3n) is 2.22. The summed E-state index contributed by atoms with van der Waals surface area (Å²) in [4.78, 5) is 10.8. The van der Waals surface area contributed by atoms with Crippen LogP contribution in [0.3, 0.4) is 0 Å². The number of nitrogens with one attached hydrogen (secondary N) is 1. The molecule has 2 heterocycles. The van der Waals surface area contributed by atoms with Gasteiger partial charge in [-0.15, -0.1) is 0 Å². The molecule has 2 N–H and O–H groups in total. The Morgan fingerprint density at radius 3 is 3.14 bits per heavy atom. The molecule has 1 fully saturated rings. The highest BCUT2D eigenvalue weighted by Gasteiger charge is 2.27. The number of carbonyl (C=O) groups is 1. The molecule has 0 bridgehead atoms. The molecule has 0 radical (unpaired) electrons. The van der Waals surface area contributed by atoms with Gasteiger partial charge in [-0.1, -0.05) is 0 Å². The Labute approximate surface area is 85.7 Å². The molecule has 2 rings (SSSR count). The summed E-state index contributed by atoms with van der Waals surface area (Å²) in [7, 11) is 0. The summed E-state index contributed by atoms with van der Waals surface area (Å²) >= 11 is 1.65. The van der Waals surface area contributed by atoms with E-state index in [2.05, 4.69) is 5.32 Å². The first-order valence-electron chi connectivity index (χ1n) is 4.36. The second-order valence-corrected chi connectivity index (χ2v) is 4.28. The fourth-order valence-electron chi connectivity index (χ4n) is 1.45. The Bertz CT molecular complexity index is 312. The summed E-state index contributed by atoms with van der Waals surface area (Å²) in [5.74, 6) is 0.734. The molecular weight excluding hydrogens is 202 g/mol. The second kappa shape index (κ2) is 4.06. The molecule has 76 valence electrons. The van der Waals surface area contributed by atoms with Crippen molar-refractivity contribution >= 4 is 17.7 Å². The van der Waals surface area contributed by atoms with Gasteiger partial charge >= 0.3 is 5.97 Å². The van der Waals surface area contributed by atoms with Crippen molar-refractivity contribution in [1.29, 1.82) is 0 Å². The average Bonchev–Trinajstić information content (AvgIpc) is 2.71. The molecule has 1 aromatic heterocycles. The lowest BCUT2D eigenvalue weighted by atomic mass is 10.1. The predicted octanol–water partition coefficient (Wildman–Crippen LogP) is 1.11. The Morgan fingerprint density at radius 2 is 2.50 bits per heavy atom. The zero-order valence-corrected chi connectivity index (χ0v) is 8.29. The fraction of sp³-hybridized carbons (Fsp3) is 0.444. The Morgan fingerprint density at radius 1 is 1.64 bits per heavy atom. The van der Waals surface area contributed by atoms with Gasteiger partial charge in [-0.05, 0) is 6.07 Å². The highest BCUT2D eigenvalue weighted by Crippen LogP contribution is 2.24. The molecule has 1 aliphatic heterocycles. The highest BCUT2D eigenvalue weighted by atomic mass is 32.2. The molecule has 1 saturated heterocycles. The van der Waals surface area contributed by atoms with Crippen LogP contribution in [0.5, 0.6) is 0 Å². The smallest absolute Gasteiger partial charge is 0.321 e. The van der Waals surface area contributed by atoms with Crippen molar-refractivity contribution in [2.24, 2.45) is 0 Å². The van der Waals surface area contributed by atoms with Gasteiger partial charge in [0.1, 0.15) is 6.04 Å². The van der Waals surface area contributed by atoms with Gasteiger partial charge in [-0.3, -0.25) is 10.1 Å². The van der Waals surface area contributed by atoms with Gasteiger partial charge in [0, 0.05) is 23.1 Å². The van der Waals surface area contributed by atoms with Crippen molar-refractivity contribution in [3.63, 3.8) is 0 Å². The Balaban J connectivity index is 2.04. The first-order chi connectivity index (χ1) is 6.77. The molecule has 0 aliphatic carbocycles. The van der Waals surface area contributed by atoms with Crippen LogP contribution in [0, 0.1) is 0 Å². The van der Waals surface area contributed by atoms with Crippen LogP contribution < -0.4 is 5.32 Å². The molecule has 2 atom stereocenters. The van der Waals surface area contributed by atoms with Crippen molar-refractivity contribution in [3.8, 4) is 0 Å². The monoisotopic (exact) mass is 213 g/mol. The summed E-state index contributed by atoms with van der Waals surface area (Å²) in [6.07, 6.45) is 3.26. The second-order valence-electron chi connectivity index (χ2n) is 3.20. The van der Waals surface area contributed by atoms with E-state index in [0.29, 0.717) is 5.75 Å². The number of hydrogen-bond donors (Lipinski definition) is 2. The van der Waals surface area contributed by atoms with E-state index in [1.54, 1.807) is 24.3 Å². The maximum Gasteiger partial charge on any atom is 0.321 e. The summed E-state index contributed by atoms with van der Waals surface area (Å²) in [6, 6.07) is 1.50. The van der Waals surface area contributed by atoms with E-state index < -0.39 is 12.0 Å². The summed E-state index contributed by atoms with van der Waals surface area (Å²) in [5.41, 5.74) is 1.02. The third kappa shape index (κ3) is 1.93. The van der Waals surface area contributed by atoms with Crippen molar-refractivity contribution in [2.75, 3.05) is 11.5 Å². The number of thioether (sulfide) groups is 1. The molecule has 4 nitrogen and oxygen atoms in total. The first-order valence-corrected chi connectivity index (χ1v) is 5.51. The van der Waals surface area contributed by atoms with Gasteiger partial charge in [0.25, 0.3) is 0 Å².